The van der Waals surface area contributed by atoms with E-state index in [2.05, 4.69) is 24.4 Å². The van der Waals surface area contributed by atoms with Gasteiger partial charge in [-0.2, -0.15) is 0 Å². The number of aryl methyl sites for hydroxylation is 1. The third-order valence-corrected chi connectivity index (χ3v) is 3.72. The minimum absolute atomic E-state index is 0. The van der Waals surface area contributed by atoms with Gasteiger partial charge in [0.1, 0.15) is 0 Å². The molecule has 0 aromatic carbocycles. The highest BCUT2D eigenvalue weighted by molar-refractivity contribution is 7.11. The molecule has 0 saturated heterocycles. The van der Waals surface area contributed by atoms with Crippen LogP contribution < -0.4 is 17.7 Å². The van der Waals surface area contributed by atoms with E-state index in [9.17, 15) is 0 Å². The molecule has 1 heterocycles. The maximum absolute atomic E-state index is 3.62. The van der Waals surface area contributed by atoms with Crippen molar-refractivity contribution >= 4 is 11.3 Å². The Hall–Kier alpha value is -0.0500. The number of thiophene rings is 1. The first-order chi connectivity index (χ1) is 6.34. The van der Waals surface area contributed by atoms with E-state index in [4.69, 9.17) is 0 Å². The maximum Gasteiger partial charge on any atom is 0.0302 e. The van der Waals surface area contributed by atoms with Gasteiger partial charge in [-0.05, 0) is 31.9 Å². The molecule has 1 aromatic heterocycles. The van der Waals surface area contributed by atoms with E-state index < -0.39 is 0 Å². The smallest absolute Gasteiger partial charge is 0.0302 e. The third-order valence-electron chi connectivity index (χ3n) is 2.72. The summed E-state index contributed by atoms with van der Waals surface area (Å²) in [6, 6.07) is 5.24. The summed E-state index contributed by atoms with van der Waals surface area (Å²) in [6.45, 7) is 3.24. The van der Waals surface area contributed by atoms with Crippen LogP contribution in [0.4, 0.5) is 0 Å². The molecular weight excluding hydrogens is 214 g/mol. The predicted molar refractivity (Wildman–Crippen MR) is 58.2 cm³/mol. The Balaban J connectivity index is 0.000000980. The molecule has 1 aromatic rings. The first kappa shape index (κ1) is 12.0. The van der Waals surface area contributed by atoms with E-state index in [0.29, 0.717) is 0 Å². The van der Waals surface area contributed by atoms with E-state index >= 15 is 0 Å². The molecule has 1 N–H and O–H groups in total. The van der Waals surface area contributed by atoms with Gasteiger partial charge in [-0.1, -0.05) is 12.8 Å². The standard InChI is InChI=1S/C11H17NS.ClH/c1-9-6-7-11(13-9)8-12-10-4-2-3-5-10;/h6-7,10,12H,2-5,8H2,1H3;1H/p-1. The van der Waals surface area contributed by atoms with Crippen LogP contribution in [0.15, 0.2) is 12.1 Å². The summed E-state index contributed by atoms with van der Waals surface area (Å²) in [7, 11) is 0. The van der Waals surface area contributed by atoms with Crippen molar-refractivity contribution in [3.05, 3.63) is 21.9 Å². The maximum atomic E-state index is 3.62. The Morgan fingerprint density at radius 2 is 2.07 bits per heavy atom. The first-order valence-electron chi connectivity index (χ1n) is 5.13. The molecule has 1 nitrogen and oxygen atoms in total. The quantitative estimate of drug-likeness (QED) is 0.777. The van der Waals surface area contributed by atoms with Gasteiger partial charge in [0, 0.05) is 22.3 Å². The summed E-state index contributed by atoms with van der Waals surface area (Å²) in [5, 5.41) is 3.62. The van der Waals surface area contributed by atoms with Crippen molar-refractivity contribution < 1.29 is 12.4 Å². The van der Waals surface area contributed by atoms with Crippen LogP contribution in [-0.2, 0) is 6.54 Å². The van der Waals surface area contributed by atoms with E-state index in [0.717, 1.165) is 12.6 Å². The highest BCUT2D eigenvalue weighted by atomic mass is 35.5. The summed E-state index contributed by atoms with van der Waals surface area (Å²) in [4.78, 5) is 2.90. The largest absolute Gasteiger partial charge is 1.00 e. The zero-order valence-corrected chi connectivity index (χ0v) is 10.1. The van der Waals surface area contributed by atoms with Gasteiger partial charge in [-0.25, -0.2) is 0 Å². The van der Waals surface area contributed by atoms with E-state index in [1.165, 1.54) is 35.4 Å². The van der Waals surface area contributed by atoms with Crippen LogP contribution >= 0.6 is 11.3 Å². The van der Waals surface area contributed by atoms with Crippen LogP contribution in [0, 0.1) is 6.92 Å². The topological polar surface area (TPSA) is 12.0 Å². The minimum atomic E-state index is 0. The molecule has 14 heavy (non-hydrogen) atoms. The number of rotatable bonds is 3. The van der Waals surface area contributed by atoms with Crippen molar-refractivity contribution in [1.82, 2.24) is 5.32 Å². The van der Waals surface area contributed by atoms with Gasteiger partial charge < -0.3 is 17.7 Å². The fourth-order valence-corrected chi connectivity index (χ4v) is 2.80. The molecule has 0 aliphatic heterocycles. The van der Waals surface area contributed by atoms with Crippen LogP contribution in [0.5, 0.6) is 0 Å². The molecule has 1 aliphatic rings. The Morgan fingerprint density at radius 1 is 1.36 bits per heavy atom. The summed E-state index contributed by atoms with van der Waals surface area (Å²) in [6.07, 6.45) is 5.59. The molecule has 3 heteroatoms. The van der Waals surface area contributed by atoms with Crippen molar-refractivity contribution in [3.63, 3.8) is 0 Å². The second kappa shape index (κ2) is 5.74. The Morgan fingerprint density at radius 3 is 2.64 bits per heavy atom. The average molecular weight is 231 g/mol. The molecule has 1 fully saturated rings. The number of nitrogens with one attached hydrogen (secondary N) is 1. The number of hydrogen-bond donors (Lipinski definition) is 1. The van der Waals surface area contributed by atoms with Crippen molar-refractivity contribution in [2.75, 3.05) is 0 Å². The zero-order valence-electron chi connectivity index (χ0n) is 8.55. The molecule has 0 spiro atoms. The molecule has 0 radical (unpaired) electrons. The van der Waals surface area contributed by atoms with Gasteiger partial charge in [0.05, 0.1) is 0 Å². The fourth-order valence-electron chi connectivity index (χ4n) is 1.95. The summed E-state index contributed by atoms with van der Waals surface area (Å²) < 4.78 is 0. The van der Waals surface area contributed by atoms with Crippen molar-refractivity contribution in [2.24, 2.45) is 0 Å². The lowest BCUT2D eigenvalue weighted by Gasteiger charge is -2.09. The van der Waals surface area contributed by atoms with E-state index in [1.54, 1.807) is 0 Å². The van der Waals surface area contributed by atoms with Gasteiger partial charge in [-0.3, -0.25) is 0 Å². The van der Waals surface area contributed by atoms with Crippen LogP contribution in [0.3, 0.4) is 0 Å². The highest BCUT2D eigenvalue weighted by Gasteiger charge is 2.13. The Kier molecular flexibility index (Phi) is 4.93. The number of halogens is 1. The van der Waals surface area contributed by atoms with Gasteiger partial charge in [0.2, 0.25) is 0 Å². The molecular formula is C11H17ClNS-. The SMILES string of the molecule is Cc1ccc(CNC2CCCC2)s1.[Cl-]. The van der Waals surface area contributed by atoms with Gasteiger partial charge in [0.15, 0.2) is 0 Å². The lowest BCUT2D eigenvalue weighted by molar-refractivity contribution is -0.00000276. The van der Waals surface area contributed by atoms with Crippen molar-refractivity contribution in [3.8, 4) is 0 Å². The monoisotopic (exact) mass is 230 g/mol. The summed E-state index contributed by atoms with van der Waals surface area (Å²) in [5.74, 6) is 0. The molecule has 2 rings (SSSR count). The third kappa shape index (κ3) is 3.26. The zero-order chi connectivity index (χ0) is 9.10. The van der Waals surface area contributed by atoms with Crippen molar-refractivity contribution in [2.45, 2.75) is 45.2 Å². The van der Waals surface area contributed by atoms with Crippen LogP contribution in [-0.4, -0.2) is 6.04 Å². The molecule has 80 valence electrons. The summed E-state index contributed by atoms with van der Waals surface area (Å²) in [5.41, 5.74) is 0. The predicted octanol–water partition coefficient (Wildman–Crippen LogP) is 0.0927. The van der Waals surface area contributed by atoms with E-state index in [-0.39, 0.29) is 12.4 Å². The Bertz CT molecular complexity index is 266. The molecule has 0 unspecified atom stereocenters. The fraction of sp³-hybridized carbons (Fsp3) is 0.636. The lowest BCUT2D eigenvalue weighted by atomic mass is 10.2. The molecule has 0 amide bonds. The molecule has 1 aliphatic carbocycles. The lowest BCUT2D eigenvalue weighted by Crippen LogP contribution is -3.00. The van der Waals surface area contributed by atoms with Gasteiger partial charge in [0.25, 0.3) is 0 Å². The minimum Gasteiger partial charge on any atom is -1.00 e. The highest BCUT2D eigenvalue weighted by Crippen LogP contribution is 2.19. The van der Waals surface area contributed by atoms with Gasteiger partial charge in [-0.15, -0.1) is 11.3 Å². The average Bonchev–Trinajstić information content (AvgIpc) is 2.71. The van der Waals surface area contributed by atoms with E-state index in [1.807, 2.05) is 11.3 Å². The first-order valence-corrected chi connectivity index (χ1v) is 5.95. The van der Waals surface area contributed by atoms with Gasteiger partial charge >= 0.3 is 0 Å². The van der Waals surface area contributed by atoms with Crippen molar-refractivity contribution in [1.29, 1.82) is 0 Å². The Labute approximate surface area is 96.3 Å². The van der Waals surface area contributed by atoms with Crippen LogP contribution in [0.1, 0.15) is 35.4 Å². The van der Waals surface area contributed by atoms with Crippen LogP contribution in [0.25, 0.3) is 0 Å². The second-order valence-corrected chi connectivity index (χ2v) is 5.25. The second-order valence-electron chi connectivity index (χ2n) is 3.87. The van der Waals surface area contributed by atoms with Crippen LogP contribution in [0.2, 0.25) is 0 Å². The molecule has 1 saturated carbocycles. The normalized spacial score (nSPS) is 16.9. The molecule has 0 bridgehead atoms. The number of hydrogen-bond acceptors (Lipinski definition) is 2. The summed E-state index contributed by atoms with van der Waals surface area (Å²) >= 11 is 1.91. The molecule has 0 atom stereocenters.